The van der Waals surface area contributed by atoms with Gasteiger partial charge in [-0.1, -0.05) is 6.07 Å². The number of amides is 1. The van der Waals surface area contributed by atoms with Crippen molar-refractivity contribution in [3.8, 4) is 5.88 Å². The summed E-state index contributed by atoms with van der Waals surface area (Å²) in [6, 6.07) is 2.49. The Bertz CT molecular complexity index is 794. The van der Waals surface area contributed by atoms with Gasteiger partial charge in [-0.05, 0) is 24.8 Å². The molecule has 2 aliphatic rings. The molecule has 13 heteroatoms. The molecule has 1 aromatic heterocycles. The van der Waals surface area contributed by atoms with E-state index < -0.39 is 41.8 Å². The first-order chi connectivity index (χ1) is 13.7. The van der Waals surface area contributed by atoms with Crippen LogP contribution in [0.5, 0.6) is 5.88 Å². The van der Waals surface area contributed by atoms with Gasteiger partial charge in [0.05, 0.1) is 18.8 Å². The highest BCUT2D eigenvalue weighted by Crippen LogP contribution is 2.44. The van der Waals surface area contributed by atoms with Crippen LogP contribution in [0.4, 0.5) is 22.0 Å². The SMILES string of the molecule is NC(=O)CC1(N)COC1.O=C(O)c1ccc(C2CC2)c(OCC(F)(F)C(F)(F)F)n1. The second-order valence-electron chi connectivity index (χ2n) is 7.16. The summed E-state index contributed by atoms with van der Waals surface area (Å²) in [4.78, 5) is 24.6. The zero-order chi connectivity index (χ0) is 22.7. The predicted molar refractivity (Wildman–Crippen MR) is 91.2 cm³/mol. The van der Waals surface area contributed by atoms with E-state index in [1.54, 1.807) is 0 Å². The number of carbonyl (C=O) groups excluding carboxylic acids is 1. The molecule has 8 nitrogen and oxygen atoms in total. The average molecular weight is 441 g/mol. The van der Waals surface area contributed by atoms with Crippen LogP contribution in [-0.4, -0.2) is 59.4 Å². The summed E-state index contributed by atoms with van der Waals surface area (Å²) in [5.74, 6) is -7.35. The molecular weight excluding hydrogens is 421 g/mol. The maximum Gasteiger partial charge on any atom is 0.456 e. The summed E-state index contributed by atoms with van der Waals surface area (Å²) in [6.07, 6.45) is -4.07. The number of ether oxygens (including phenoxy) is 2. The molecule has 0 atom stereocenters. The Kier molecular flexibility index (Phi) is 6.87. The summed E-state index contributed by atoms with van der Waals surface area (Å²) >= 11 is 0. The Hall–Kier alpha value is -2.54. The molecule has 1 saturated carbocycles. The predicted octanol–water partition coefficient (Wildman–Crippen LogP) is 1.82. The molecule has 5 N–H and O–H groups in total. The molecule has 1 aliphatic heterocycles. The van der Waals surface area contributed by atoms with Crippen LogP contribution in [0.1, 0.15) is 41.2 Å². The lowest BCUT2D eigenvalue weighted by atomic mass is 9.94. The second-order valence-corrected chi connectivity index (χ2v) is 7.16. The number of halogens is 5. The number of pyridine rings is 1. The van der Waals surface area contributed by atoms with E-state index in [0.29, 0.717) is 18.8 Å². The minimum atomic E-state index is -5.74. The Morgan fingerprint density at radius 2 is 1.83 bits per heavy atom. The number of aromatic carboxylic acids is 1. The number of carbonyl (C=O) groups is 2. The topological polar surface area (TPSA) is 138 Å². The number of primary amides is 1. The largest absolute Gasteiger partial charge is 0.477 e. The molecule has 2 heterocycles. The summed E-state index contributed by atoms with van der Waals surface area (Å²) < 4.78 is 71.2. The number of hydrogen-bond donors (Lipinski definition) is 3. The zero-order valence-electron chi connectivity index (χ0n) is 15.5. The van der Waals surface area contributed by atoms with Gasteiger partial charge >= 0.3 is 18.1 Å². The fourth-order valence-electron chi connectivity index (χ4n) is 2.45. The number of nitrogens with two attached hydrogens (primary N) is 2. The number of nitrogens with zero attached hydrogens (tertiary/aromatic N) is 1. The van der Waals surface area contributed by atoms with E-state index in [1.807, 2.05) is 0 Å². The molecule has 0 radical (unpaired) electrons. The molecule has 2 fully saturated rings. The van der Waals surface area contributed by atoms with Crippen molar-refractivity contribution in [1.29, 1.82) is 0 Å². The number of carboxylic acids is 1. The molecule has 0 aromatic carbocycles. The first kappa shape index (κ1) is 23.7. The molecule has 1 aliphatic carbocycles. The Morgan fingerprint density at radius 3 is 2.20 bits per heavy atom. The first-order valence-corrected chi connectivity index (χ1v) is 8.71. The monoisotopic (exact) mass is 441 g/mol. The van der Waals surface area contributed by atoms with E-state index in [1.165, 1.54) is 6.07 Å². The lowest BCUT2D eigenvalue weighted by Gasteiger charge is -2.36. The van der Waals surface area contributed by atoms with Crippen molar-refractivity contribution >= 4 is 11.9 Å². The fourth-order valence-corrected chi connectivity index (χ4v) is 2.45. The molecule has 168 valence electrons. The maximum absolute atomic E-state index is 12.8. The lowest BCUT2D eigenvalue weighted by Crippen LogP contribution is -2.59. The Morgan fingerprint density at radius 1 is 1.23 bits per heavy atom. The fraction of sp³-hybridized carbons (Fsp3) is 0.588. The highest BCUT2D eigenvalue weighted by molar-refractivity contribution is 5.85. The van der Waals surface area contributed by atoms with Crippen molar-refractivity contribution in [3.63, 3.8) is 0 Å². The smallest absolute Gasteiger partial charge is 0.456 e. The van der Waals surface area contributed by atoms with Gasteiger partial charge in [0.15, 0.2) is 12.3 Å². The Labute approximate surface area is 167 Å². The van der Waals surface area contributed by atoms with Gasteiger partial charge < -0.3 is 26.0 Å². The number of alkyl halides is 5. The molecule has 3 rings (SSSR count). The van der Waals surface area contributed by atoms with Crippen LogP contribution in [0.2, 0.25) is 0 Å². The van der Waals surface area contributed by atoms with Crippen molar-refractivity contribution in [2.45, 2.75) is 42.8 Å². The summed E-state index contributed by atoms with van der Waals surface area (Å²) in [7, 11) is 0. The standard InChI is InChI=1S/C12H10F5NO3.C5H10N2O2/c13-11(14,12(15,16)17)5-21-9-7(6-1-2-6)3-4-8(18-9)10(19)20;6-4(8)1-5(7)2-9-3-5/h3-4,6H,1-2,5H2,(H,19,20);1-3,7H2,(H2,6,8). The van der Waals surface area contributed by atoms with Gasteiger partial charge in [-0.15, -0.1) is 0 Å². The molecule has 1 amide bonds. The van der Waals surface area contributed by atoms with Gasteiger partial charge in [-0.2, -0.15) is 22.0 Å². The third kappa shape index (κ3) is 6.23. The highest BCUT2D eigenvalue weighted by atomic mass is 19.4. The van der Waals surface area contributed by atoms with Gasteiger partial charge in [-0.25, -0.2) is 9.78 Å². The third-order valence-electron chi connectivity index (χ3n) is 4.24. The van der Waals surface area contributed by atoms with Crippen LogP contribution in [0.3, 0.4) is 0 Å². The molecule has 30 heavy (non-hydrogen) atoms. The maximum atomic E-state index is 12.8. The van der Waals surface area contributed by atoms with Crippen LogP contribution >= 0.6 is 0 Å². The van der Waals surface area contributed by atoms with Crippen LogP contribution in [0.25, 0.3) is 0 Å². The number of rotatable bonds is 7. The van der Waals surface area contributed by atoms with E-state index in [4.69, 9.17) is 21.3 Å². The van der Waals surface area contributed by atoms with Gasteiger partial charge in [0.2, 0.25) is 11.8 Å². The molecule has 0 bridgehead atoms. The van der Waals surface area contributed by atoms with Crippen molar-refractivity contribution in [2.24, 2.45) is 11.5 Å². The van der Waals surface area contributed by atoms with Crippen molar-refractivity contribution in [1.82, 2.24) is 4.98 Å². The van der Waals surface area contributed by atoms with Crippen LogP contribution in [-0.2, 0) is 9.53 Å². The first-order valence-electron chi connectivity index (χ1n) is 8.71. The Balaban J connectivity index is 0.000000297. The average Bonchev–Trinajstić information content (AvgIpc) is 3.42. The minimum Gasteiger partial charge on any atom is -0.477 e. The highest BCUT2D eigenvalue weighted by Gasteiger charge is 2.58. The van der Waals surface area contributed by atoms with Crippen LogP contribution < -0.4 is 16.2 Å². The normalized spacial score (nSPS) is 17.9. The van der Waals surface area contributed by atoms with Crippen molar-refractivity contribution in [3.05, 3.63) is 23.4 Å². The van der Waals surface area contributed by atoms with Crippen LogP contribution in [0.15, 0.2) is 12.1 Å². The summed E-state index contributed by atoms with van der Waals surface area (Å²) in [5.41, 5.74) is 9.90. The number of aromatic nitrogens is 1. The third-order valence-corrected chi connectivity index (χ3v) is 4.24. The van der Waals surface area contributed by atoms with E-state index in [-0.39, 0.29) is 18.2 Å². The molecule has 1 saturated heterocycles. The summed E-state index contributed by atoms with van der Waals surface area (Å²) in [5, 5.41) is 8.77. The minimum absolute atomic E-state index is 0.0464. The van der Waals surface area contributed by atoms with Crippen molar-refractivity contribution in [2.75, 3.05) is 19.8 Å². The summed E-state index contributed by atoms with van der Waals surface area (Å²) in [6.45, 7) is -1.03. The van der Waals surface area contributed by atoms with Gasteiger partial charge in [0.1, 0.15) is 0 Å². The zero-order valence-corrected chi connectivity index (χ0v) is 15.5. The number of hydrogen-bond acceptors (Lipinski definition) is 6. The van der Waals surface area contributed by atoms with Crippen LogP contribution in [0, 0.1) is 0 Å². The number of carboxylic acid groups (broad SMARTS) is 1. The quantitative estimate of drug-likeness (QED) is 0.549. The van der Waals surface area contributed by atoms with E-state index in [2.05, 4.69) is 9.72 Å². The van der Waals surface area contributed by atoms with Gasteiger partial charge in [0.25, 0.3) is 0 Å². The van der Waals surface area contributed by atoms with Crippen molar-refractivity contribution < 1.29 is 46.1 Å². The van der Waals surface area contributed by atoms with Gasteiger partial charge in [-0.3, -0.25) is 4.79 Å². The lowest BCUT2D eigenvalue weighted by molar-refractivity contribution is -0.290. The second kappa shape index (κ2) is 8.68. The molecular formula is C17H20F5N3O5. The molecule has 0 unspecified atom stereocenters. The van der Waals surface area contributed by atoms with E-state index in [0.717, 1.165) is 18.9 Å². The molecule has 0 spiro atoms. The van der Waals surface area contributed by atoms with E-state index >= 15 is 0 Å². The molecule has 1 aromatic rings. The van der Waals surface area contributed by atoms with E-state index in [9.17, 15) is 31.5 Å². The van der Waals surface area contributed by atoms with Gasteiger partial charge in [0, 0.05) is 12.0 Å².